The second kappa shape index (κ2) is 11.6. The van der Waals surface area contributed by atoms with E-state index in [9.17, 15) is 9.18 Å². The molecular weight excluding hydrogens is 380 g/mol. The minimum Gasteiger partial charge on any atom is -0.380 e. The molecule has 0 saturated carbocycles. The first-order valence-electron chi connectivity index (χ1n) is 8.86. The van der Waals surface area contributed by atoms with E-state index in [0.29, 0.717) is 30.3 Å². The van der Waals surface area contributed by atoms with Crippen molar-refractivity contribution in [2.24, 2.45) is 5.92 Å². The molecule has 2 heterocycles. The first-order chi connectivity index (χ1) is 11.7. The summed E-state index contributed by atoms with van der Waals surface area (Å²) >= 11 is 0. The van der Waals surface area contributed by atoms with Gasteiger partial charge in [0.15, 0.2) is 0 Å². The highest BCUT2D eigenvalue weighted by Gasteiger charge is 2.17. The van der Waals surface area contributed by atoms with Gasteiger partial charge < -0.3 is 20.7 Å². The minimum absolute atomic E-state index is 0. The van der Waals surface area contributed by atoms with E-state index in [4.69, 9.17) is 4.74 Å². The molecule has 2 aliphatic heterocycles. The van der Waals surface area contributed by atoms with Crippen molar-refractivity contribution in [2.45, 2.75) is 38.2 Å². The van der Waals surface area contributed by atoms with E-state index in [2.05, 4.69) is 16.0 Å². The Morgan fingerprint density at radius 3 is 2.81 bits per heavy atom. The smallest absolute Gasteiger partial charge is 0.224 e. The van der Waals surface area contributed by atoms with Crippen molar-refractivity contribution >= 4 is 42.1 Å². The first kappa shape index (κ1) is 23.0. The fourth-order valence-electron chi connectivity index (χ4n) is 3.28. The Kier molecular flexibility index (Phi) is 10.2. The van der Waals surface area contributed by atoms with Gasteiger partial charge in [-0.3, -0.25) is 4.79 Å². The van der Waals surface area contributed by atoms with Crippen molar-refractivity contribution in [3.63, 3.8) is 0 Å². The summed E-state index contributed by atoms with van der Waals surface area (Å²) in [6.07, 6.45) is 4.73. The molecule has 1 aromatic carbocycles. The zero-order chi connectivity index (χ0) is 16.8. The second-order valence-electron chi connectivity index (χ2n) is 6.66. The van der Waals surface area contributed by atoms with Gasteiger partial charge in [-0.05, 0) is 62.9 Å². The number of nitrogens with one attached hydrogen (secondary N) is 3. The number of ether oxygens (including phenoxy) is 1. The van der Waals surface area contributed by atoms with Crippen LogP contribution in [0.15, 0.2) is 18.2 Å². The summed E-state index contributed by atoms with van der Waals surface area (Å²) < 4.78 is 19.7. The topological polar surface area (TPSA) is 62.4 Å². The van der Waals surface area contributed by atoms with Gasteiger partial charge in [0.2, 0.25) is 5.91 Å². The van der Waals surface area contributed by atoms with Crippen molar-refractivity contribution < 1.29 is 13.9 Å². The summed E-state index contributed by atoms with van der Waals surface area (Å²) in [6, 6.07) is 4.77. The first-order valence-corrected chi connectivity index (χ1v) is 8.86. The molecular formula is C18H28Cl2FN3O2. The zero-order valence-corrected chi connectivity index (χ0v) is 16.4. The van der Waals surface area contributed by atoms with Gasteiger partial charge in [0.25, 0.3) is 0 Å². The maximum atomic E-state index is 14.1. The van der Waals surface area contributed by atoms with Crippen molar-refractivity contribution in [1.29, 1.82) is 0 Å². The normalized spacial score (nSPS) is 21.6. The molecule has 2 atom stereocenters. The fourth-order valence-corrected chi connectivity index (χ4v) is 3.28. The molecule has 2 fully saturated rings. The lowest BCUT2D eigenvalue weighted by molar-refractivity contribution is -0.116. The number of anilines is 2. The van der Waals surface area contributed by atoms with Crippen LogP contribution in [0.4, 0.5) is 15.8 Å². The van der Waals surface area contributed by atoms with E-state index in [0.717, 1.165) is 45.4 Å². The number of benzene rings is 1. The van der Waals surface area contributed by atoms with Gasteiger partial charge in [-0.25, -0.2) is 4.39 Å². The monoisotopic (exact) mass is 407 g/mol. The van der Waals surface area contributed by atoms with Gasteiger partial charge in [0.05, 0.1) is 11.8 Å². The average molecular weight is 408 g/mol. The number of carbonyl (C=O) groups is 1. The van der Waals surface area contributed by atoms with E-state index in [-0.39, 0.29) is 42.6 Å². The molecule has 0 aliphatic carbocycles. The minimum atomic E-state index is -0.356. The molecule has 148 valence electrons. The highest BCUT2D eigenvalue weighted by atomic mass is 35.5. The quantitative estimate of drug-likeness (QED) is 0.646. The molecule has 0 spiro atoms. The number of rotatable bonds is 7. The van der Waals surface area contributed by atoms with Crippen LogP contribution in [0.2, 0.25) is 0 Å². The zero-order valence-electron chi connectivity index (χ0n) is 14.8. The fraction of sp³-hybridized carbons (Fsp3) is 0.611. The Hall–Kier alpha value is -1.08. The van der Waals surface area contributed by atoms with Gasteiger partial charge in [-0.2, -0.15) is 0 Å². The maximum absolute atomic E-state index is 14.1. The van der Waals surface area contributed by atoms with E-state index in [1.807, 2.05) is 0 Å². The third kappa shape index (κ3) is 6.91. The molecule has 0 bridgehead atoms. The van der Waals surface area contributed by atoms with Gasteiger partial charge in [-0.1, -0.05) is 0 Å². The number of halogens is 3. The number of hydrogen-bond acceptors (Lipinski definition) is 4. The molecule has 8 heteroatoms. The average Bonchev–Trinajstić information content (AvgIpc) is 3.26. The van der Waals surface area contributed by atoms with Gasteiger partial charge in [0, 0.05) is 25.3 Å². The van der Waals surface area contributed by atoms with Crippen LogP contribution >= 0.6 is 24.8 Å². The Morgan fingerprint density at radius 2 is 2.15 bits per heavy atom. The highest BCUT2D eigenvalue weighted by Crippen LogP contribution is 2.21. The Balaban J connectivity index is 0.00000169. The molecule has 0 aromatic heterocycles. The van der Waals surface area contributed by atoms with E-state index >= 15 is 0 Å². The van der Waals surface area contributed by atoms with E-state index in [1.54, 1.807) is 12.1 Å². The standard InChI is InChI=1S/C18H26FN3O2.2ClH/c19-16-10-14(22-18(23)6-3-13-7-8-20-11-13)4-5-17(16)21-12-15-2-1-9-24-15;;/h4-5,10,13,15,20-21H,1-3,6-9,11-12H2,(H,22,23);2*1H. The predicted octanol–water partition coefficient (Wildman–Crippen LogP) is 3.59. The van der Waals surface area contributed by atoms with Gasteiger partial charge in [0.1, 0.15) is 5.82 Å². The number of hydrogen-bond donors (Lipinski definition) is 3. The summed E-state index contributed by atoms with van der Waals surface area (Å²) in [4.78, 5) is 12.0. The maximum Gasteiger partial charge on any atom is 0.224 e. The van der Waals surface area contributed by atoms with Crippen LogP contribution in [-0.2, 0) is 9.53 Å². The summed E-state index contributed by atoms with van der Waals surface area (Å²) in [7, 11) is 0. The van der Waals surface area contributed by atoms with Gasteiger partial charge >= 0.3 is 0 Å². The Labute approximate surface area is 166 Å². The summed E-state index contributed by atoms with van der Waals surface area (Å²) in [5.41, 5.74) is 0.949. The summed E-state index contributed by atoms with van der Waals surface area (Å²) in [6.45, 7) is 3.43. The molecule has 1 amide bonds. The second-order valence-corrected chi connectivity index (χ2v) is 6.66. The van der Waals surface area contributed by atoms with Crippen molar-refractivity contribution in [2.75, 3.05) is 36.9 Å². The lowest BCUT2D eigenvalue weighted by Gasteiger charge is -2.13. The molecule has 26 heavy (non-hydrogen) atoms. The number of amides is 1. The lowest BCUT2D eigenvalue weighted by Crippen LogP contribution is -2.19. The largest absolute Gasteiger partial charge is 0.380 e. The third-order valence-electron chi connectivity index (χ3n) is 4.74. The number of carbonyl (C=O) groups excluding carboxylic acids is 1. The molecule has 2 saturated heterocycles. The summed E-state index contributed by atoms with van der Waals surface area (Å²) in [5, 5.41) is 9.15. The molecule has 1 aromatic rings. The van der Waals surface area contributed by atoms with Crippen LogP contribution in [-0.4, -0.2) is 38.3 Å². The molecule has 3 N–H and O–H groups in total. The van der Waals surface area contributed by atoms with E-state index in [1.165, 1.54) is 6.07 Å². The van der Waals surface area contributed by atoms with Crippen LogP contribution in [0.1, 0.15) is 32.1 Å². The van der Waals surface area contributed by atoms with Crippen LogP contribution in [0, 0.1) is 11.7 Å². The lowest BCUT2D eigenvalue weighted by atomic mass is 10.0. The molecule has 2 unspecified atom stereocenters. The Morgan fingerprint density at radius 1 is 1.31 bits per heavy atom. The highest BCUT2D eigenvalue weighted by molar-refractivity contribution is 5.90. The van der Waals surface area contributed by atoms with E-state index < -0.39 is 0 Å². The SMILES string of the molecule is Cl.Cl.O=C(CCC1CCNC1)Nc1ccc(NCC2CCCO2)c(F)c1. The molecule has 5 nitrogen and oxygen atoms in total. The summed E-state index contributed by atoms with van der Waals surface area (Å²) in [5.74, 6) is 0.170. The van der Waals surface area contributed by atoms with Crippen molar-refractivity contribution in [1.82, 2.24) is 5.32 Å². The third-order valence-corrected chi connectivity index (χ3v) is 4.74. The van der Waals surface area contributed by atoms with Crippen molar-refractivity contribution in [3.8, 4) is 0 Å². The van der Waals surface area contributed by atoms with Crippen LogP contribution in [0.25, 0.3) is 0 Å². The predicted molar refractivity (Wildman–Crippen MR) is 107 cm³/mol. The molecule has 0 radical (unpaired) electrons. The molecule has 2 aliphatic rings. The van der Waals surface area contributed by atoms with Crippen LogP contribution < -0.4 is 16.0 Å². The van der Waals surface area contributed by atoms with Crippen molar-refractivity contribution in [3.05, 3.63) is 24.0 Å². The van der Waals surface area contributed by atoms with Crippen LogP contribution in [0.3, 0.4) is 0 Å². The van der Waals surface area contributed by atoms with Crippen LogP contribution in [0.5, 0.6) is 0 Å². The van der Waals surface area contributed by atoms with Gasteiger partial charge in [-0.15, -0.1) is 24.8 Å². The Bertz CT molecular complexity index is 565. The molecule has 3 rings (SSSR count).